The third kappa shape index (κ3) is 2.77. The minimum atomic E-state index is -4.57. The van der Waals surface area contributed by atoms with Gasteiger partial charge in [0.1, 0.15) is 5.69 Å². The summed E-state index contributed by atoms with van der Waals surface area (Å²) in [5, 5.41) is 11.9. The van der Waals surface area contributed by atoms with Crippen LogP contribution in [-0.4, -0.2) is 31.6 Å². The van der Waals surface area contributed by atoms with Crippen LogP contribution in [0.2, 0.25) is 0 Å². The molecule has 0 saturated heterocycles. The van der Waals surface area contributed by atoms with Crippen LogP contribution in [0.5, 0.6) is 11.5 Å². The molecule has 3 aromatic heterocycles. The Morgan fingerprint density at radius 1 is 0.967 bits per heavy atom. The molecule has 0 atom stereocenters. The number of alkyl halides is 3. The molecule has 4 aromatic rings. The molecular weight excluding hydrogens is 403 g/mol. The largest absolute Gasteiger partial charge is 0.454 e. The molecule has 0 spiro atoms. The van der Waals surface area contributed by atoms with Gasteiger partial charge < -0.3 is 13.9 Å². The van der Waals surface area contributed by atoms with Gasteiger partial charge in [-0.2, -0.15) is 18.3 Å². The summed E-state index contributed by atoms with van der Waals surface area (Å²) in [4.78, 5) is 4.34. The van der Waals surface area contributed by atoms with Gasteiger partial charge in [-0.15, -0.1) is 10.2 Å². The van der Waals surface area contributed by atoms with Crippen LogP contribution in [0.25, 0.3) is 28.7 Å². The van der Waals surface area contributed by atoms with Crippen molar-refractivity contribution in [2.24, 2.45) is 0 Å². The Kier molecular flexibility index (Phi) is 3.41. The summed E-state index contributed by atoms with van der Waals surface area (Å²) >= 11 is 0. The third-order valence-electron chi connectivity index (χ3n) is 5.00. The molecule has 11 heteroatoms. The molecule has 8 nitrogen and oxygen atoms in total. The molecule has 0 radical (unpaired) electrons. The van der Waals surface area contributed by atoms with E-state index in [-0.39, 0.29) is 35.8 Å². The lowest BCUT2D eigenvalue weighted by Gasteiger charge is -2.10. The van der Waals surface area contributed by atoms with E-state index in [1.807, 2.05) is 0 Å². The van der Waals surface area contributed by atoms with E-state index in [1.54, 1.807) is 18.2 Å². The van der Waals surface area contributed by atoms with Gasteiger partial charge in [0.05, 0.1) is 0 Å². The Morgan fingerprint density at radius 3 is 2.57 bits per heavy atom. The summed E-state index contributed by atoms with van der Waals surface area (Å²) in [5.74, 6) is 1.40. The number of hydrogen-bond donors (Lipinski definition) is 0. The van der Waals surface area contributed by atoms with Crippen molar-refractivity contribution in [2.75, 3.05) is 6.79 Å². The predicted octanol–water partition coefficient (Wildman–Crippen LogP) is 4.07. The molecule has 1 aliphatic heterocycles. The van der Waals surface area contributed by atoms with Crippen molar-refractivity contribution in [2.45, 2.75) is 24.9 Å². The number of fused-ring (bicyclic) bond motifs is 2. The zero-order chi connectivity index (χ0) is 20.5. The number of ether oxygens (including phenoxy) is 2. The van der Waals surface area contributed by atoms with E-state index in [0.717, 1.165) is 23.4 Å². The van der Waals surface area contributed by atoms with Crippen molar-refractivity contribution in [3.05, 3.63) is 41.7 Å². The van der Waals surface area contributed by atoms with E-state index in [2.05, 4.69) is 20.3 Å². The zero-order valence-electron chi connectivity index (χ0n) is 15.2. The standard InChI is InChI=1S/C19H12F3N5O3/c20-19(21,22)15-6-11(9-1-2-9)23-16-7-12(26-27(15)16)18-25-24-17(30-18)10-3-4-13-14(5-10)29-8-28-13/h3-7,9H,1-2,8H2. The summed E-state index contributed by atoms with van der Waals surface area (Å²) in [5.41, 5.74) is 0.334. The highest BCUT2D eigenvalue weighted by Crippen LogP contribution is 2.41. The van der Waals surface area contributed by atoms with Gasteiger partial charge >= 0.3 is 6.18 Å². The molecule has 1 aliphatic carbocycles. The van der Waals surface area contributed by atoms with Crippen LogP contribution in [0.1, 0.15) is 30.1 Å². The van der Waals surface area contributed by atoms with Gasteiger partial charge in [-0.25, -0.2) is 9.50 Å². The van der Waals surface area contributed by atoms with Crippen LogP contribution in [0.4, 0.5) is 13.2 Å². The summed E-state index contributed by atoms with van der Waals surface area (Å²) in [6.45, 7) is 0.131. The smallest absolute Gasteiger partial charge is 0.433 e. The first-order chi connectivity index (χ1) is 14.5. The first-order valence-electron chi connectivity index (χ1n) is 9.17. The number of nitrogens with zero attached hydrogens (tertiary/aromatic N) is 5. The first-order valence-corrected chi connectivity index (χ1v) is 9.17. The summed E-state index contributed by atoms with van der Waals surface area (Å²) in [6.07, 6.45) is -2.89. The maximum atomic E-state index is 13.6. The molecule has 1 fully saturated rings. The molecule has 0 unspecified atom stereocenters. The number of halogens is 3. The van der Waals surface area contributed by atoms with Crippen LogP contribution >= 0.6 is 0 Å². The number of rotatable bonds is 3. The maximum Gasteiger partial charge on any atom is 0.433 e. The molecule has 0 amide bonds. The molecule has 4 heterocycles. The second-order valence-corrected chi connectivity index (χ2v) is 7.12. The Bertz CT molecular complexity index is 1290. The van der Waals surface area contributed by atoms with Crippen LogP contribution < -0.4 is 9.47 Å². The molecule has 1 saturated carbocycles. The summed E-state index contributed by atoms with van der Waals surface area (Å²) < 4.78 is 57.7. The summed E-state index contributed by atoms with van der Waals surface area (Å²) in [6, 6.07) is 7.60. The quantitative estimate of drug-likeness (QED) is 0.498. The van der Waals surface area contributed by atoms with E-state index in [1.165, 1.54) is 6.07 Å². The molecule has 2 aliphatic rings. The molecule has 6 rings (SSSR count). The monoisotopic (exact) mass is 415 g/mol. The van der Waals surface area contributed by atoms with Gasteiger partial charge in [0.25, 0.3) is 5.89 Å². The second-order valence-electron chi connectivity index (χ2n) is 7.12. The topological polar surface area (TPSA) is 87.6 Å². The lowest BCUT2D eigenvalue weighted by atomic mass is 10.2. The van der Waals surface area contributed by atoms with Crippen molar-refractivity contribution in [3.63, 3.8) is 0 Å². The SMILES string of the molecule is FC(F)(F)c1cc(C2CC2)nc2cc(-c3nnc(-c4ccc5c(c4)OCO5)o3)nn12. The van der Waals surface area contributed by atoms with Crippen molar-refractivity contribution in [1.82, 2.24) is 24.8 Å². The molecule has 0 N–H and O–H groups in total. The van der Waals surface area contributed by atoms with Gasteiger partial charge in [-0.3, -0.25) is 0 Å². The van der Waals surface area contributed by atoms with E-state index in [4.69, 9.17) is 13.9 Å². The van der Waals surface area contributed by atoms with Crippen molar-refractivity contribution in [1.29, 1.82) is 0 Å². The Morgan fingerprint density at radius 2 is 1.77 bits per heavy atom. The number of aromatic nitrogens is 5. The Balaban J connectivity index is 1.42. The van der Waals surface area contributed by atoms with E-state index in [9.17, 15) is 13.2 Å². The average Bonchev–Trinajstić information content (AvgIpc) is 3.13. The second kappa shape index (κ2) is 5.94. The third-order valence-corrected chi connectivity index (χ3v) is 5.00. The summed E-state index contributed by atoms with van der Waals surface area (Å²) in [7, 11) is 0. The van der Waals surface area contributed by atoms with Gasteiger partial charge in [0, 0.05) is 23.2 Å². The lowest BCUT2D eigenvalue weighted by molar-refractivity contribution is -0.142. The highest BCUT2D eigenvalue weighted by molar-refractivity contribution is 5.62. The minimum Gasteiger partial charge on any atom is -0.454 e. The van der Waals surface area contributed by atoms with Crippen LogP contribution in [0, 0.1) is 0 Å². The van der Waals surface area contributed by atoms with Gasteiger partial charge in [-0.05, 0) is 37.1 Å². The number of benzene rings is 1. The lowest BCUT2D eigenvalue weighted by Crippen LogP contribution is -2.14. The first kappa shape index (κ1) is 17.2. The fourth-order valence-electron chi connectivity index (χ4n) is 3.36. The minimum absolute atomic E-state index is 0.00531. The van der Waals surface area contributed by atoms with Gasteiger partial charge in [0.15, 0.2) is 22.8 Å². The zero-order valence-corrected chi connectivity index (χ0v) is 15.2. The average molecular weight is 415 g/mol. The van der Waals surface area contributed by atoms with Gasteiger partial charge in [0.2, 0.25) is 12.7 Å². The maximum absolute atomic E-state index is 13.6. The highest BCUT2D eigenvalue weighted by atomic mass is 19.4. The molecular formula is C19H12F3N5O3. The number of hydrogen-bond acceptors (Lipinski definition) is 7. The normalized spacial score (nSPS) is 15.8. The van der Waals surface area contributed by atoms with E-state index in [0.29, 0.717) is 22.8 Å². The van der Waals surface area contributed by atoms with E-state index < -0.39 is 11.9 Å². The highest BCUT2D eigenvalue weighted by Gasteiger charge is 2.37. The fraction of sp³-hybridized carbons (Fsp3) is 0.263. The van der Waals surface area contributed by atoms with Crippen LogP contribution in [0.3, 0.4) is 0 Å². The predicted molar refractivity (Wildman–Crippen MR) is 94.8 cm³/mol. The molecule has 30 heavy (non-hydrogen) atoms. The van der Waals surface area contributed by atoms with Crippen molar-refractivity contribution >= 4 is 5.65 Å². The molecule has 152 valence electrons. The van der Waals surface area contributed by atoms with E-state index >= 15 is 0 Å². The van der Waals surface area contributed by atoms with Crippen molar-refractivity contribution < 1.29 is 27.1 Å². The Hall–Kier alpha value is -3.63. The Labute approximate surface area is 166 Å². The van der Waals surface area contributed by atoms with Crippen LogP contribution in [-0.2, 0) is 6.18 Å². The molecule has 0 bridgehead atoms. The van der Waals surface area contributed by atoms with Crippen LogP contribution in [0.15, 0.2) is 34.7 Å². The van der Waals surface area contributed by atoms with Crippen molar-refractivity contribution in [3.8, 4) is 34.5 Å². The molecule has 1 aromatic carbocycles. The fourth-order valence-corrected chi connectivity index (χ4v) is 3.36. The van der Waals surface area contributed by atoms with Gasteiger partial charge in [-0.1, -0.05) is 0 Å².